The van der Waals surface area contributed by atoms with E-state index in [9.17, 15) is 9.90 Å². The molecule has 118 valence electrons. The van der Waals surface area contributed by atoms with E-state index in [0.29, 0.717) is 17.9 Å². The first-order chi connectivity index (χ1) is 10.6. The molecule has 7 nitrogen and oxygen atoms in total. The Balaban J connectivity index is 1.66. The lowest BCUT2D eigenvalue weighted by molar-refractivity contribution is 0.0262. The second-order valence-corrected chi connectivity index (χ2v) is 6.61. The van der Waals surface area contributed by atoms with Crippen LogP contribution in [0.3, 0.4) is 0 Å². The zero-order valence-electron chi connectivity index (χ0n) is 12.4. The average molecular weight is 321 g/mol. The second kappa shape index (κ2) is 6.05. The number of amides is 2. The normalized spacial score (nSPS) is 16.6. The van der Waals surface area contributed by atoms with Crippen molar-refractivity contribution in [2.75, 3.05) is 18.9 Å². The van der Waals surface area contributed by atoms with Gasteiger partial charge in [0.1, 0.15) is 10.7 Å². The fourth-order valence-electron chi connectivity index (χ4n) is 2.81. The van der Waals surface area contributed by atoms with E-state index in [2.05, 4.69) is 20.5 Å². The van der Waals surface area contributed by atoms with E-state index in [1.807, 2.05) is 5.38 Å². The molecule has 1 aliphatic rings. The van der Waals surface area contributed by atoms with E-state index in [4.69, 9.17) is 0 Å². The Labute approximate surface area is 132 Å². The monoisotopic (exact) mass is 321 g/mol. The van der Waals surface area contributed by atoms with Gasteiger partial charge >= 0.3 is 6.03 Å². The smallest absolute Gasteiger partial charge is 0.321 e. The molecule has 22 heavy (non-hydrogen) atoms. The first-order valence-corrected chi connectivity index (χ1v) is 8.13. The number of carbonyl (C=O) groups is 1. The summed E-state index contributed by atoms with van der Waals surface area (Å²) in [7, 11) is 1.69. The third-order valence-corrected chi connectivity index (χ3v) is 4.73. The van der Waals surface area contributed by atoms with Crippen molar-refractivity contribution in [3.8, 4) is 10.7 Å². The lowest BCUT2D eigenvalue weighted by Crippen LogP contribution is -2.43. The van der Waals surface area contributed by atoms with Crippen LogP contribution in [-0.4, -0.2) is 50.4 Å². The van der Waals surface area contributed by atoms with Crippen molar-refractivity contribution in [3.63, 3.8) is 0 Å². The Hall–Kier alpha value is -1.93. The molecule has 0 aliphatic heterocycles. The van der Waals surface area contributed by atoms with Crippen LogP contribution in [0.25, 0.3) is 10.7 Å². The molecule has 3 rings (SSSR count). The summed E-state index contributed by atoms with van der Waals surface area (Å²) in [5, 5.41) is 22.7. The Morgan fingerprint density at radius 3 is 3.00 bits per heavy atom. The van der Waals surface area contributed by atoms with Gasteiger partial charge in [-0.3, -0.25) is 5.10 Å². The van der Waals surface area contributed by atoms with Gasteiger partial charge in [-0.25, -0.2) is 9.78 Å². The van der Waals surface area contributed by atoms with Gasteiger partial charge in [0.25, 0.3) is 0 Å². The number of hydrogen-bond acceptors (Lipinski definition) is 5. The maximum atomic E-state index is 12.3. The van der Waals surface area contributed by atoms with E-state index in [1.54, 1.807) is 19.4 Å². The summed E-state index contributed by atoms with van der Waals surface area (Å²) in [5.41, 5.74) is 0.530. The molecule has 0 unspecified atom stereocenters. The predicted molar refractivity (Wildman–Crippen MR) is 84.8 cm³/mol. The first-order valence-electron chi connectivity index (χ1n) is 7.25. The molecular weight excluding hydrogens is 302 g/mol. The average Bonchev–Trinajstić information content (AvgIpc) is 3.19. The number of thiazole rings is 1. The number of nitrogens with zero attached hydrogens (tertiary/aromatic N) is 3. The molecule has 0 bridgehead atoms. The van der Waals surface area contributed by atoms with Crippen LogP contribution in [-0.2, 0) is 0 Å². The number of rotatable bonds is 4. The number of urea groups is 1. The number of anilines is 1. The lowest BCUT2D eigenvalue weighted by Gasteiger charge is -2.28. The van der Waals surface area contributed by atoms with E-state index in [1.165, 1.54) is 16.2 Å². The van der Waals surface area contributed by atoms with Crippen LogP contribution in [0.1, 0.15) is 25.7 Å². The van der Waals surface area contributed by atoms with Gasteiger partial charge < -0.3 is 15.3 Å². The minimum absolute atomic E-state index is 0.264. The van der Waals surface area contributed by atoms with Gasteiger partial charge in [-0.1, -0.05) is 12.8 Å². The van der Waals surface area contributed by atoms with E-state index in [-0.39, 0.29) is 6.03 Å². The lowest BCUT2D eigenvalue weighted by atomic mass is 10.0. The van der Waals surface area contributed by atoms with E-state index >= 15 is 0 Å². The number of H-pyrrole nitrogens is 1. The summed E-state index contributed by atoms with van der Waals surface area (Å²) >= 11 is 1.47. The highest BCUT2D eigenvalue weighted by Gasteiger charge is 2.33. The molecule has 8 heteroatoms. The standard InChI is InChI=1S/C14H19N5O2S/c1-19(9-14(21)4-2-3-5-14)13(20)17-10-8-16-18-11(10)12-15-6-7-22-12/h6-8,21H,2-5,9H2,1H3,(H,16,18)(H,17,20). The molecule has 0 radical (unpaired) electrons. The molecule has 1 fully saturated rings. The van der Waals surface area contributed by atoms with Gasteiger partial charge in [-0.05, 0) is 12.8 Å². The minimum atomic E-state index is -0.749. The molecular formula is C14H19N5O2S. The molecule has 3 N–H and O–H groups in total. The summed E-state index contributed by atoms with van der Waals surface area (Å²) in [6.45, 7) is 0.337. The van der Waals surface area contributed by atoms with Gasteiger partial charge in [-0.15, -0.1) is 11.3 Å². The highest BCUT2D eigenvalue weighted by Crippen LogP contribution is 2.30. The van der Waals surface area contributed by atoms with Crippen LogP contribution in [0.2, 0.25) is 0 Å². The minimum Gasteiger partial charge on any atom is -0.388 e. The van der Waals surface area contributed by atoms with Gasteiger partial charge in [0.05, 0.1) is 24.0 Å². The summed E-state index contributed by atoms with van der Waals surface area (Å²) in [4.78, 5) is 18.0. The van der Waals surface area contributed by atoms with Crippen LogP contribution in [0.15, 0.2) is 17.8 Å². The van der Waals surface area contributed by atoms with Gasteiger partial charge in [0.2, 0.25) is 0 Å². The zero-order chi connectivity index (χ0) is 15.6. The number of carbonyl (C=O) groups excluding carboxylic acids is 1. The Kier molecular flexibility index (Phi) is 4.12. The van der Waals surface area contributed by atoms with Crippen LogP contribution < -0.4 is 5.32 Å². The number of aromatic amines is 1. The number of likely N-dealkylation sites (N-methyl/N-ethyl adjacent to an activating group) is 1. The van der Waals surface area contributed by atoms with Crippen LogP contribution >= 0.6 is 11.3 Å². The van der Waals surface area contributed by atoms with Crippen molar-refractivity contribution < 1.29 is 9.90 Å². The molecule has 2 amide bonds. The third-order valence-electron chi connectivity index (χ3n) is 3.94. The number of aromatic nitrogens is 3. The maximum Gasteiger partial charge on any atom is 0.321 e. The van der Waals surface area contributed by atoms with Gasteiger partial charge in [0, 0.05) is 18.6 Å². The molecule has 1 saturated carbocycles. The van der Waals surface area contributed by atoms with Crippen molar-refractivity contribution in [1.29, 1.82) is 0 Å². The van der Waals surface area contributed by atoms with Crippen molar-refractivity contribution >= 4 is 23.1 Å². The van der Waals surface area contributed by atoms with E-state index in [0.717, 1.165) is 30.7 Å². The largest absolute Gasteiger partial charge is 0.388 e. The molecule has 2 aromatic rings. The summed E-state index contributed by atoms with van der Waals surface area (Å²) in [6.07, 6.45) is 6.80. The van der Waals surface area contributed by atoms with E-state index < -0.39 is 5.60 Å². The summed E-state index contributed by atoms with van der Waals surface area (Å²) in [6, 6.07) is -0.264. The van der Waals surface area contributed by atoms with Crippen LogP contribution in [0, 0.1) is 0 Å². The molecule has 0 atom stereocenters. The maximum absolute atomic E-state index is 12.3. The molecule has 2 heterocycles. The number of nitrogens with one attached hydrogen (secondary N) is 2. The number of hydrogen-bond donors (Lipinski definition) is 3. The van der Waals surface area contributed by atoms with Crippen molar-refractivity contribution in [2.24, 2.45) is 0 Å². The second-order valence-electron chi connectivity index (χ2n) is 5.71. The number of aliphatic hydroxyl groups is 1. The first kappa shape index (κ1) is 15.0. The molecule has 1 aliphatic carbocycles. The fourth-order valence-corrected chi connectivity index (χ4v) is 3.45. The predicted octanol–water partition coefficient (Wildman–Crippen LogP) is 2.30. The zero-order valence-corrected chi connectivity index (χ0v) is 13.2. The van der Waals surface area contributed by atoms with Gasteiger partial charge in [-0.2, -0.15) is 5.10 Å². The topological polar surface area (TPSA) is 94.1 Å². The summed E-state index contributed by atoms with van der Waals surface area (Å²) in [5.74, 6) is 0. The molecule has 2 aromatic heterocycles. The van der Waals surface area contributed by atoms with Crippen molar-refractivity contribution in [1.82, 2.24) is 20.1 Å². The van der Waals surface area contributed by atoms with Crippen molar-refractivity contribution in [2.45, 2.75) is 31.3 Å². The fraction of sp³-hybridized carbons (Fsp3) is 0.500. The molecule has 0 saturated heterocycles. The van der Waals surface area contributed by atoms with Crippen molar-refractivity contribution in [3.05, 3.63) is 17.8 Å². The Morgan fingerprint density at radius 2 is 2.32 bits per heavy atom. The quantitative estimate of drug-likeness (QED) is 0.805. The highest BCUT2D eigenvalue weighted by molar-refractivity contribution is 7.13. The third kappa shape index (κ3) is 3.12. The highest BCUT2D eigenvalue weighted by atomic mass is 32.1. The van der Waals surface area contributed by atoms with Gasteiger partial charge in [0.15, 0.2) is 0 Å². The molecule has 0 spiro atoms. The molecule has 0 aromatic carbocycles. The SMILES string of the molecule is CN(CC1(O)CCCC1)C(=O)Nc1cn[nH]c1-c1nccs1. The van der Waals surface area contributed by atoms with Crippen LogP contribution in [0.5, 0.6) is 0 Å². The Morgan fingerprint density at radius 1 is 1.55 bits per heavy atom. The van der Waals surface area contributed by atoms with Crippen LogP contribution in [0.4, 0.5) is 10.5 Å². The summed E-state index contributed by atoms with van der Waals surface area (Å²) < 4.78 is 0. The Bertz CT molecular complexity index is 633.